The number of hydrogen-bond donors (Lipinski definition) is 1. The number of nitrogens with one attached hydrogen (secondary N) is 1. The Morgan fingerprint density at radius 3 is 2.52 bits per heavy atom. The highest BCUT2D eigenvalue weighted by molar-refractivity contribution is 7.80. The van der Waals surface area contributed by atoms with Crippen LogP contribution in [0.1, 0.15) is 62.2 Å². The topological polar surface area (TPSA) is 97.0 Å². The summed E-state index contributed by atoms with van der Waals surface area (Å²) in [6, 6.07) is 16.2. The lowest BCUT2D eigenvalue weighted by Gasteiger charge is -2.25. The van der Waals surface area contributed by atoms with Crippen LogP contribution in [0.4, 0.5) is 0 Å². The van der Waals surface area contributed by atoms with Gasteiger partial charge in [0.2, 0.25) is 0 Å². The van der Waals surface area contributed by atoms with Gasteiger partial charge in [-0.1, -0.05) is 79.3 Å². The third-order valence-electron chi connectivity index (χ3n) is 7.73. The van der Waals surface area contributed by atoms with Crippen molar-refractivity contribution in [2.75, 3.05) is 6.54 Å². The van der Waals surface area contributed by atoms with Gasteiger partial charge in [-0.25, -0.2) is 9.78 Å². The second-order valence-electron chi connectivity index (χ2n) is 10.5. The zero-order valence-corrected chi connectivity index (χ0v) is 24.1. The maximum atomic E-state index is 13.9. The number of aromatic amines is 1. The van der Waals surface area contributed by atoms with Crippen LogP contribution in [0.3, 0.4) is 0 Å². The van der Waals surface area contributed by atoms with E-state index in [4.69, 9.17) is 21.7 Å². The van der Waals surface area contributed by atoms with Crippen molar-refractivity contribution in [2.45, 2.75) is 71.9 Å². The van der Waals surface area contributed by atoms with Crippen LogP contribution in [-0.2, 0) is 19.4 Å². The molecule has 1 aliphatic heterocycles. The summed E-state index contributed by atoms with van der Waals surface area (Å²) in [6.45, 7) is 7.66. The molecule has 1 saturated heterocycles. The minimum absolute atomic E-state index is 0.00258. The summed E-state index contributed by atoms with van der Waals surface area (Å²) in [4.78, 5) is 36.0. The second-order valence-corrected chi connectivity index (χ2v) is 11.0. The van der Waals surface area contributed by atoms with Crippen molar-refractivity contribution in [3.8, 4) is 22.5 Å². The smallest absolute Gasteiger partial charge is 0.363 e. The molecule has 1 fully saturated rings. The maximum Gasteiger partial charge on any atom is 0.439 e. The van der Waals surface area contributed by atoms with Crippen LogP contribution in [0, 0.1) is 6.92 Å². The average Bonchev–Trinajstić information content (AvgIpc) is 3.60. The van der Waals surface area contributed by atoms with Gasteiger partial charge in [0.15, 0.2) is 5.82 Å². The van der Waals surface area contributed by atoms with Gasteiger partial charge in [0, 0.05) is 42.2 Å². The molecule has 0 saturated carbocycles. The largest absolute Gasteiger partial charge is 0.439 e. The molecule has 4 aromatic rings. The molecule has 1 N–H and O–H groups in total. The van der Waals surface area contributed by atoms with E-state index in [-0.39, 0.29) is 5.56 Å². The fraction of sp³-hybridized carbons (Fsp3) is 0.387. The Labute approximate surface area is 239 Å². The van der Waals surface area contributed by atoms with E-state index in [1.807, 2.05) is 60.0 Å². The number of aryl methyl sites for hydroxylation is 2. The van der Waals surface area contributed by atoms with Crippen molar-refractivity contribution in [3.63, 3.8) is 0 Å². The van der Waals surface area contributed by atoms with Crippen molar-refractivity contribution in [1.82, 2.24) is 24.6 Å². The van der Waals surface area contributed by atoms with E-state index in [1.165, 1.54) is 0 Å². The molecule has 1 atom stereocenters. The number of unbranched alkanes of at least 4 members (excludes halogenated alkanes) is 1. The normalized spacial score (nSPS) is 15.1. The summed E-state index contributed by atoms with van der Waals surface area (Å²) < 4.78 is 6.54. The lowest BCUT2D eigenvalue weighted by molar-refractivity contribution is 0.388. The molecule has 0 spiro atoms. The molecule has 0 aliphatic carbocycles. The molecule has 5 rings (SSSR count). The van der Waals surface area contributed by atoms with Gasteiger partial charge in [0.05, 0.1) is 11.5 Å². The summed E-state index contributed by atoms with van der Waals surface area (Å²) in [5.41, 5.74) is 5.13. The van der Waals surface area contributed by atoms with Gasteiger partial charge in [-0.3, -0.25) is 18.9 Å². The van der Waals surface area contributed by atoms with E-state index in [9.17, 15) is 9.59 Å². The molecule has 0 amide bonds. The molecule has 9 heteroatoms. The standard InChI is InChI=1S/C31H35N5O3S/c1-4-5-12-27-32-21(3)26(18-28(40)35-17-8-9-20(35)2)30(37)36(27)19-22-13-15-23(16-14-22)24-10-6-7-11-25(24)29-33-31(38)39-34-29/h6-7,10-11,13-16,20H,4-5,8-9,12,17-19H2,1-3H3,(H,33,34,38)/t20-/m0/s1. The summed E-state index contributed by atoms with van der Waals surface area (Å²) in [7, 11) is 0. The number of aromatic nitrogens is 4. The number of hydrogen-bond acceptors (Lipinski definition) is 6. The molecule has 2 aromatic heterocycles. The Kier molecular flexibility index (Phi) is 8.40. The number of benzene rings is 2. The number of thiocarbonyl (C=S) groups is 1. The van der Waals surface area contributed by atoms with Gasteiger partial charge in [0.25, 0.3) is 5.56 Å². The lowest BCUT2D eigenvalue weighted by Crippen LogP contribution is -2.37. The predicted molar refractivity (Wildman–Crippen MR) is 161 cm³/mol. The molecule has 40 heavy (non-hydrogen) atoms. The highest BCUT2D eigenvalue weighted by Gasteiger charge is 2.24. The number of nitrogens with zero attached hydrogens (tertiary/aromatic N) is 4. The Balaban J connectivity index is 1.45. The second kappa shape index (κ2) is 12.1. The highest BCUT2D eigenvalue weighted by Crippen LogP contribution is 2.30. The van der Waals surface area contributed by atoms with E-state index >= 15 is 0 Å². The Morgan fingerprint density at radius 2 is 1.88 bits per heavy atom. The fourth-order valence-corrected chi connectivity index (χ4v) is 5.88. The van der Waals surface area contributed by atoms with E-state index < -0.39 is 5.76 Å². The van der Waals surface area contributed by atoms with E-state index in [2.05, 4.69) is 28.9 Å². The van der Waals surface area contributed by atoms with Gasteiger partial charge >= 0.3 is 5.76 Å². The van der Waals surface area contributed by atoms with Crippen molar-refractivity contribution >= 4 is 17.2 Å². The molecule has 8 nitrogen and oxygen atoms in total. The third-order valence-corrected chi connectivity index (χ3v) is 8.11. The van der Waals surface area contributed by atoms with Gasteiger partial charge in [-0.15, -0.1) is 0 Å². The Hall–Kier alpha value is -3.85. The summed E-state index contributed by atoms with van der Waals surface area (Å²) in [5, 5.41) is 3.85. The minimum Gasteiger partial charge on any atom is -0.363 e. The quantitative estimate of drug-likeness (QED) is 0.279. The zero-order valence-electron chi connectivity index (χ0n) is 23.3. The third kappa shape index (κ3) is 5.84. The molecular formula is C31H35N5O3S. The molecule has 1 aliphatic rings. The van der Waals surface area contributed by atoms with Crippen LogP contribution in [0.25, 0.3) is 22.5 Å². The highest BCUT2D eigenvalue weighted by atomic mass is 32.1. The molecule has 0 unspecified atom stereocenters. The van der Waals surface area contributed by atoms with Crippen LogP contribution in [-0.4, -0.2) is 42.2 Å². The van der Waals surface area contributed by atoms with Crippen LogP contribution in [0.15, 0.2) is 62.6 Å². The number of H-pyrrole nitrogens is 1. The monoisotopic (exact) mass is 557 g/mol. The van der Waals surface area contributed by atoms with Gasteiger partial charge < -0.3 is 4.90 Å². The molecule has 3 heterocycles. The first kappa shape index (κ1) is 27.7. The molecule has 0 bridgehead atoms. The molecule has 0 radical (unpaired) electrons. The average molecular weight is 558 g/mol. The van der Waals surface area contributed by atoms with Crippen LogP contribution >= 0.6 is 12.2 Å². The first-order chi connectivity index (χ1) is 19.4. The summed E-state index contributed by atoms with van der Waals surface area (Å²) in [6.07, 6.45) is 5.46. The molecule has 2 aromatic carbocycles. The van der Waals surface area contributed by atoms with Crippen molar-refractivity contribution in [1.29, 1.82) is 0 Å². The molecular weight excluding hydrogens is 522 g/mol. The van der Waals surface area contributed by atoms with E-state index in [1.54, 1.807) is 0 Å². The Morgan fingerprint density at radius 1 is 1.12 bits per heavy atom. The zero-order chi connectivity index (χ0) is 28.2. The van der Waals surface area contributed by atoms with E-state index in [0.717, 1.165) is 77.4 Å². The Bertz CT molecular complexity index is 1620. The van der Waals surface area contributed by atoms with Crippen molar-refractivity contribution in [2.24, 2.45) is 0 Å². The van der Waals surface area contributed by atoms with Crippen molar-refractivity contribution < 1.29 is 4.52 Å². The SMILES string of the molecule is CCCCc1nc(C)c(CC(=S)N2CCC[C@@H]2C)c(=O)n1Cc1ccc(-c2ccccc2-c2noc(=O)[nH]2)cc1. The predicted octanol–water partition coefficient (Wildman–Crippen LogP) is 5.31. The summed E-state index contributed by atoms with van der Waals surface area (Å²) >= 11 is 5.80. The number of rotatable bonds is 9. The number of likely N-dealkylation sites (tertiary alicyclic amines) is 1. The van der Waals surface area contributed by atoms with Gasteiger partial charge in [-0.05, 0) is 49.8 Å². The van der Waals surface area contributed by atoms with Gasteiger partial charge in [-0.2, -0.15) is 0 Å². The fourth-order valence-electron chi connectivity index (χ4n) is 5.46. The lowest BCUT2D eigenvalue weighted by atomic mass is 9.98. The van der Waals surface area contributed by atoms with Crippen LogP contribution in [0.5, 0.6) is 0 Å². The van der Waals surface area contributed by atoms with E-state index in [0.29, 0.717) is 30.4 Å². The van der Waals surface area contributed by atoms with Crippen molar-refractivity contribution in [3.05, 3.63) is 92.1 Å². The minimum atomic E-state index is -0.591. The van der Waals surface area contributed by atoms with Crippen LogP contribution < -0.4 is 11.3 Å². The van der Waals surface area contributed by atoms with Crippen LogP contribution in [0.2, 0.25) is 0 Å². The summed E-state index contributed by atoms with van der Waals surface area (Å²) in [5.74, 6) is 0.612. The maximum absolute atomic E-state index is 13.9. The van der Waals surface area contributed by atoms with Gasteiger partial charge in [0.1, 0.15) is 5.82 Å². The first-order valence-electron chi connectivity index (χ1n) is 14.0. The molecule has 208 valence electrons. The first-order valence-corrected chi connectivity index (χ1v) is 14.4.